The van der Waals surface area contributed by atoms with Gasteiger partial charge < -0.3 is 11.1 Å². The molecule has 0 heterocycles. The molecule has 3 nitrogen and oxygen atoms in total. The highest BCUT2D eigenvalue weighted by atomic mass is 16.2. The zero-order valence-electron chi connectivity index (χ0n) is 7.66. The van der Waals surface area contributed by atoms with Gasteiger partial charge in [0.25, 0.3) is 0 Å². The van der Waals surface area contributed by atoms with Crippen molar-refractivity contribution in [1.29, 1.82) is 0 Å². The summed E-state index contributed by atoms with van der Waals surface area (Å²) >= 11 is 0. The standard InChI is InChI=1S/C10H14N2O/c1-8(7-12-10(11)13)9-5-3-2-4-6-9/h2-6,8H,7H2,1H3,(H3,11,12,13)/t8-/m1/s1. The van der Waals surface area contributed by atoms with Crippen LogP contribution in [-0.4, -0.2) is 12.6 Å². The Hall–Kier alpha value is -1.51. The van der Waals surface area contributed by atoms with Crippen molar-refractivity contribution in [2.75, 3.05) is 6.54 Å². The van der Waals surface area contributed by atoms with Gasteiger partial charge in [-0.3, -0.25) is 0 Å². The molecule has 1 atom stereocenters. The van der Waals surface area contributed by atoms with Crippen LogP contribution in [0.2, 0.25) is 0 Å². The van der Waals surface area contributed by atoms with Crippen molar-refractivity contribution >= 4 is 6.03 Å². The molecule has 0 fully saturated rings. The Morgan fingerprint density at radius 3 is 2.62 bits per heavy atom. The molecule has 1 aromatic carbocycles. The molecular weight excluding hydrogens is 164 g/mol. The molecule has 0 aromatic heterocycles. The Balaban J connectivity index is 2.49. The molecule has 0 saturated carbocycles. The average Bonchev–Trinajstić information content (AvgIpc) is 2.15. The minimum Gasteiger partial charge on any atom is -0.352 e. The first kappa shape index (κ1) is 9.58. The highest BCUT2D eigenvalue weighted by molar-refractivity contribution is 5.71. The van der Waals surface area contributed by atoms with Crippen molar-refractivity contribution in [3.8, 4) is 0 Å². The maximum Gasteiger partial charge on any atom is 0.312 e. The summed E-state index contributed by atoms with van der Waals surface area (Å²) in [5.74, 6) is 0.300. The van der Waals surface area contributed by atoms with Crippen molar-refractivity contribution in [3.63, 3.8) is 0 Å². The second-order valence-corrected chi connectivity index (χ2v) is 3.06. The van der Waals surface area contributed by atoms with E-state index in [0.717, 1.165) is 0 Å². The topological polar surface area (TPSA) is 55.1 Å². The van der Waals surface area contributed by atoms with Crippen LogP contribution >= 0.6 is 0 Å². The van der Waals surface area contributed by atoms with E-state index in [4.69, 9.17) is 5.73 Å². The van der Waals surface area contributed by atoms with E-state index in [2.05, 4.69) is 5.32 Å². The molecule has 0 unspecified atom stereocenters. The highest BCUT2D eigenvalue weighted by Crippen LogP contribution is 2.12. The van der Waals surface area contributed by atoms with Crippen LogP contribution in [0, 0.1) is 0 Å². The molecule has 0 aliphatic heterocycles. The van der Waals surface area contributed by atoms with Crippen LogP contribution in [0.3, 0.4) is 0 Å². The van der Waals surface area contributed by atoms with Gasteiger partial charge in [0.15, 0.2) is 0 Å². The largest absolute Gasteiger partial charge is 0.352 e. The smallest absolute Gasteiger partial charge is 0.312 e. The predicted octanol–water partition coefficient (Wildman–Crippen LogP) is 1.46. The summed E-state index contributed by atoms with van der Waals surface area (Å²) in [6.45, 7) is 2.63. The van der Waals surface area contributed by atoms with E-state index >= 15 is 0 Å². The first-order valence-electron chi connectivity index (χ1n) is 4.28. The number of carbonyl (C=O) groups excluding carboxylic acids is 1. The molecule has 70 valence electrons. The van der Waals surface area contributed by atoms with E-state index in [1.165, 1.54) is 5.56 Å². The Morgan fingerprint density at radius 1 is 1.46 bits per heavy atom. The monoisotopic (exact) mass is 178 g/mol. The summed E-state index contributed by atoms with van der Waals surface area (Å²) in [5, 5.41) is 2.58. The van der Waals surface area contributed by atoms with Gasteiger partial charge in [0.1, 0.15) is 0 Å². The minimum absolute atomic E-state index is 0.300. The molecular formula is C10H14N2O. The summed E-state index contributed by atoms with van der Waals surface area (Å²) in [6.07, 6.45) is 0. The van der Waals surface area contributed by atoms with Crippen LogP contribution in [-0.2, 0) is 0 Å². The Labute approximate surface area is 77.9 Å². The molecule has 1 aromatic rings. The molecule has 3 N–H and O–H groups in total. The van der Waals surface area contributed by atoms with Gasteiger partial charge >= 0.3 is 6.03 Å². The number of primary amides is 1. The van der Waals surface area contributed by atoms with Crippen molar-refractivity contribution in [2.45, 2.75) is 12.8 Å². The summed E-state index contributed by atoms with van der Waals surface area (Å²) in [7, 11) is 0. The number of rotatable bonds is 3. The van der Waals surface area contributed by atoms with Gasteiger partial charge in [0.2, 0.25) is 0 Å². The van der Waals surface area contributed by atoms with E-state index < -0.39 is 6.03 Å². The fraction of sp³-hybridized carbons (Fsp3) is 0.300. The number of carbonyl (C=O) groups is 1. The zero-order chi connectivity index (χ0) is 9.68. The lowest BCUT2D eigenvalue weighted by Gasteiger charge is -2.11. The maximum atomic E-state index is 10.4. The molecule has 0 spiro atoms. The van der Waals surface area contributed by atoms with E-state index in [-0.39, 0.29) is 0 Å². The highest BCUT2D eigenvalue weighted by Gasteiger charge is 2.04. The number of hydrogen-bond donors (Lipinski definition) is 2. The van der Waals surface area contributed by atoms with Crippen LogP contribution < -0.4 is 11.1 Å². The van der Waals surface area contributed by atoms with Gasteiger partial charge in [-0.15, -0.1) is 0 Å². The fourth-order valence-electron chi connectivity index (χ4n) is 1.15. The maximum absolute atomic E-state index is 10.4. The minimum atomic E-state index is -0.470. The Kier molecular flexibility index (Phi) is 3.31. The summed E-state index contributed by atoms with van der Waals surface area (Å²) < 4.78 is 0. The summed E-state index contributed by atoms with van der Waals surface area (Å²) in [5.41, 5.74) is 6.17. The van der Waals surface area contributed by atoms with Crippen molar-refractivity contribution in [1.82, 2.24) is 5.32 Å². The van der Waals surface area contributed by atoms with Crippen molar-refractivity contribution in [2.24, 2.45) is 5.73 Å². The fourth-order valence-corrected chi connectivity index (χ4v) is 1.15. The number of amides is 2. The molecule has 0 aliphatic carbocycles. The third-order valence-corrected chi connectivity index (χ3v) is 1.95. The van der Waals surface area contributed by atoms with E-state index in [1.807, 2.05) is 37.3 Å². The third-order valence-electron chi connectivity index (χ3n) is 1.95. The van der Waals surface area contributed by atoms with E-state index in [9.17, 15) is 4.79 Å². The SMILES string of the molecule is C[C@H](CNC(N)=O)c1ccccc1. The van der Waals surface area contributed by atoms with Crippen molar-refractivity contribution < 1.29 is 4.79 Å². The first-order chi connectivity index (χ1) is 6.20. The summed E-state index contributed by atoms with van der Waals surface area (Å²) in [4.78, 5) is 10.4. The first-order valence-corrected chi connectivity index (χ1v) is 4.28. The van der Waals surface area contributed by atoms with Crippen LogP contribution in [0.1, 0.15) is 18.4 Å². The van der Waals surface area contributed by atoms with Crippen molar-refractivity contribution in [3.05, 3.63) is 35.9 Å². The number of hydrogen-bond acceptors (Lipinski definition) is 1. The molecule has 1 rings (SSSR count). The molecule has 2 amide bonds. The molecule has 0 bridgehead atoms. The van der Waals surface area contributed by atoms with Gasteiger partial charge in [0.05, 0.1) is 0 Å². The van der Waals surface area contributed by atoms with Crippen LogP contribution in [0.15, 0.2) is 30.3 Å². The van der Waals surface area contributed by atoms with Gasteiger partial charge in [-0.05, 0) is 11.5 Å². The number of benzene rings is 1. The van der Waals surface area contributed by atoms with E-state index in [1.54, 1.807) is 0 Å². The second kappa shape index (κ2) is 4.50. The zero-order valence-corrected chi connectivity index (χ0v) is 7.66. The summed E-state index contributed by atoms with van der Waals surface area (Å²) in [6, 6.07) is 9.53. The van der Waals surface area contributed by atoms with Crippen LogP contribution in [0.4, 0.5) is 4.79 Å². The number of nitrogens with one attached hydrogen (secondary N) is 1. The second-order valence-electron chi connectivity index (χ2n) is 3.06. The molecule has 0 saturated heterocycles. The van der Waals surface area contributed by atoms with E-state index in [0.29, 0.717) is 12.5 Å². The van der Waals surface area contributed by atoms with Gasteiger partial charge in [-0.25, -0.2) is 4.79 Å². The lowest BCUT2D eigenvalue weighted by molar-refractivity contribution is 0.248. The molecule has 13 heavy (non-hydrogen) atoms. The lowest BCUT2D eigenvalue weighted by atomic mass is 10.0. The molecule has 3 heteroatoms. The normalized spacial score (nSPS) is 12.1. The lowest BCUT2D eigenvalue weighted by Crippen LogP contribution is -2.32. The van der Waals surface area contributed by atoms with Crippen LogP contribution in [0.5, 0.6) is 0 Å². The molecule has 0 radical (unpaired) electrons. The average molecular weight is 178 g/mol. The number of nitrogens with two attached hydrogens (primary N) is 1. The Morgan fingerprint density at radius 2 is 2.08 bits per heavy atom. The number of urea groups is 1. The van der Waals surface area contributed by atoms with Gasteiger partial charge in [0, 0.05) is 6.54 Å². The van der Waals surface area contributed by atoms with Gasteiger partial charge in [-0.2, -0.15) is 0 Å². The van der Waals surface area contributed by atoms with Crippen LogP contribution in [0.25, 0.3) is 0 Å². The quantitative estimate of drug-likeness (QED) is 0.723. The van der Waals surface area contributed by atoms with Gasteiger partial charge in [-0.1, -0.05) is 37.3 Å². The predicted molar refractivity (Wildman–Crippen MR) is 52.4 cm³/mol. The Bertz CT molecular complexity index is 272. The molecule has 0 aliphatic rings. The third kappa shape index (κ3) is 3.15.